The lowest BCUT2D eigenvalue weighted by molar-refractivity contribution is 0.00578. The molecule has 3 aromatic rings. The molecule has 0 N–H and O–H groups in total. The van der Waals surface area contributed by atoms with Crippen LogP contribution in [-0.4, -0.2) is 29.0 Å². The number of carbonyl (C=O) groups excluding carboxylic acids is 1. The van der Waals surface area contributed by atoms with Gasteiger partial charge in [-0.2, -0.15) is 0 Å². The van der Waals surface area contributed by atoms with Crippen molar-refractivity contribution in [2.45, 2.75) is 45.5 Å². The highest BCUT2D eigenvalue weighted by atomic mass is 16.7. The van der Waals surface area contributed by atoms with Crippen LogP contribution in [0, 0.1) is 0 Å². The number of aromatic nitrogens is 1. The molecule has 1 aromatic heterocycles. The zero-order chi connectivity index (χ0) is 19.9. The second kappa shape index (κ2) is 6.80. The van der Waals surface area contributed by atoms with Gasteiger partial charge in [-0.3, -0.25) is 4.57 Å². The molecule has 2 aromatic carbocycles. The number of hydrogen-bond acceptors (Lipinski definition) is 4. The van der Waals surface area contributed by atoms with Gasteiger partial charge >= 0.3 is 13.2 Å². The summed E-state index contributed by atoms with van der Waals surface area (Å²) in [6.07, 6.45) is 1.32. The van der Waals surface area contributed by atoms with Gasteiger partial charge < -0.3 is 14.0 Å². The van der Waals surface area contributed by atoms with Crippen molar-refractivity contribution in [2.75, 3.05) is 0 Å². The summed E-state index contributed by atoms with van der Waals surface area (Å²) in [5.74, 6) is 0. The summed E-state index contributed by atoms with van der Waals surface area (Å²) >= 11 is 0. The van der Waals surface area contributed by atoms with Crippen LogP contribution in [-0.2, 0) is 20.7 Å². The van der Waals surface area contributed by atoms with Crippen LogP contribution in [0.5, 0.6) is 0 Å². The Morgan fingerprint density at radius 1 is 1.00 bits per heavy atom. The zero-order valence-corrected chi connectivity index (χ0v) is 16.6. The van der Waals surface area contributed by atoms with E-state index in [9.17, 15) is 4.79 Å². The van der Waals surface area contributed by atoms with E-state index >= 15 is 0 Å². The zero-order valence-electron chi connectivity index (χ0n) is 16.6. The number of rotatable bonds is 3. The van der Waals surface area contributed by atoms with E-state index in [2.05, 4.69) is 0 Å². The van der Waals surface area contributed by atoms with Crippen LogP contribution < -0.4 is 5.46 Å². The van der Waals surface area contributed by atoms with Crippen molar-refractivity contribution in [3.63, 3.8) is 0 Å². The van der Waals surface area contributed by atoms with Crippen molar-refractivity contribution in [2.24, 2.45) is 0 Å². The predicted octanol–water partition coefficient (Wildman–Crippen LogP) is 4.13. The first-order valence-corrected chi connectivity index (χ1v) is 9.44. The minimum atomic E-state index is -0.474. The molecule has 0 saturated carbocycles. The summed E-state index contributed by atoms with van der Waals surface area (Å²) in [7, 11) is -0.474. The molecule has 0 spiro atoms. The average molecular weight is 377 g/mol. The maximum Gasteiger partial charge on any atom is 0.494 e. The monoisotopic (exact) mass is 377 g/mol. The van der Waals surface area contributed by atoms with E-state index in [1.54, 1.807) is 6.20 Å². The molecule has 0 amide bonds. The Morgan fingerprint density at radius 3 is 2.36 bits per heavy atom. The first kappa shape index (κ1) is 18.8. The molecule has 1 saturated heterocycles. The fourth-order valence-corrected chi connectivity index (χ4v) is 3.22. The van der Waals surface area contributed by atoms with E-state index in [0.29, 0.717) is 0 Å². The van der Waals surface area contributed by atoms with Gasteiger partial charge in [-0.1, -0.05) is 42.5 Å². The summed E-state index contributed by atoms with van der Waals surface area (Å²) in [5.41, 5.74) is 1.77. The molecule has 0 atom stereocenters. The molecule has 1 aliphatic heterocycles. The van der Waals surface area contributed by atoms with Crippen LogP contribution in [0.25, 0.3) is 10.9 Å². The van der Waals surface area contributed by atoms with E-state index in [-0.39, 0.29) is 6.61 Å². The highest BCUT2D eigenvalue weighted by Crippen LogP contribution is 2.36. The number of hydrogen-bond donors (Lipinski definition) is 0. The van der Waals surface area contributed by atoms with Crippen LogP contribution in [0.15, 0.2) is 60.8 Å². The van der Waals surface area contributed by atoms with Crippen molar-refractivity contribution in [1.29, 1.82) is 0 Å². The van der Waals surface area contributed by atoms with E-state index in [1.165, 1.54) is 4.57 Å². The summed E-state index contributed by atoms with van der Waals surface area (Å²) in [5, 5.41) is 0.955. The maximum absolute atomic E-state index is 12.6. The predicted molar refractivity (Wildman–Crippen MR) is 110 cm³/mol. The summed E-state index contributed by atoms with van der Waals surface area (Å²) < 4.78 is 19.3. The van der Waals surface area contributed by atoms with Gasteiger partial charge in [-0.15, -0.1) is 0 Å². The molecule has 1 fully saturated rings. The van der Waals surface area contributed by atoms with Crippen LogP contribution in [0.4, 0.5) is 4.79 Å². The second-order valence-electron chi connectivity index (χ2n) is 8.13. The molecule has 0 aliphatic carbocycles. The molecular formula is C22H24BNO4. The third-order valence-electron chi connectivity index (χ3n) is 5.64. The van der Waals surface area contributed by atoms with Gasteiger partial charge in [0.05, 0.1) is 16.7 Å². The van der Waals surface area contributed by atoms with Gasteiger partial charge in [-0.05, 0) is 50.9 Å². The molecule has 5 nitrogen and oxygen atoms in total. The van der Waals surface area contributed by atoms with Crippen LogP contribution in [0.1, 0.15) is 33.3 Å². The van der Waals surface area contributed by atoms with Gasteiger partial charge in [0, 0.05) is 11.6 Å². The minimum Gasteiger partial charge on any atom is -0.444 e. The van der Waals surface area contributed by atoms with Crippen LogP contribution >= 0.6 is 0 Å². The highest BCUT2D eigenvalue weighted by molar-refractivity contribution is 6.62. The van der Waals surface area contributed by atoms with Crippen molar-refractivity contribution >= 4 is 29.6 Å². The van der Waals surface area contributed by atoms with E-state index in [1.807, 2.05) is 82.3 Å². The first-order chi connectivity index (χ1) is 13.3. The Morgan fingerprint density at radius 2 is 1.68 bits per heavy atom. The van der Waals surface area contributed by atoms with Gasteiger partial charge in [0.2, 0.25) is 0 Å². The van der Waals surface area contributed by atoms with E-state index in [4.69, 9.17) is 14.0 Å². The fraction of sp³-hybridized carbons (Fsp3) is 0.318. The number of fused-ring (bicyclic) bond motifs is 1. The van der Waals surface area contributed by atoms with E-state index < -0.39 is 24.4 Å². The Hall–Kier alpha value is -2.57. The van der Waals surface area contributed by atoms with Crippen molar-refractivity contribution in [1.82, 2.24) is 4.57 Å². The maximum atomic E-state index is 12.6. The van der Waals surface area contributed by atoms with Crippen molar-refractivity contribution < 1.29 is 18.8 Å². The quantitative estimate of drug-likeness (QED) is 0.645. The first-order valence-electron chi connectivity index (χ1n) is 9.44. The Bertz CT molecular complexity index is 994. The largest absolute Gasteiger partial charge is 0.494 e. The minimum absolute atomic E-state index is 0.232. The molecule has 0 bridgehead atoms. The number of nitrogens with zero attached hydrogens (tertiary/aromatic N) is 1. The second-order valence-corrected chi connectivity index (χ2v) is 8.13. The standard InChI is InChI=1S/C22H24BNO4/c1-21(2)22(3,4)28-23(27-21)18-11-10-17-12-13-24(19(17)14-18)20(25)26-15-16-8-6-5-7-9-16/h5-14H,15H2,1-4H3. The molecular weight excluding hydrogens is 353 g/mol. The van der Waals surface area contributed by atoms with Gasteiger partial charge in [0.25, 0.3) is 0 Å². The molecule has 2 heterocycles. The molecule has 6 heteroatoms. The molecule has 0 radical (unpaired) electrons. The van der Waals surface area contributed by atoms with Crippen LogP contribution in [0.2, 0.25) is 0 Å². The van der Waals surface area contributed by atoms with Gasteiger partial charge in [0.15, 0.2) is 0 Å². The normalized spacial score (nSPS) is 17.8. The SMILES string of the molecule is CC1(C)OB(c2ccc3ccn(C(=O)OCc4ccccc4)c3c2)OC1(C)C. The number of carbonyl (C=O) groups is 1. The van der Waals surface area contributed by atoms with Gasteiger partial charge in [0.1, 0.15) is 6.61 Å². The van der Waals surface area contributed by atoms with E-state index in [0.717, 1.165) is 21.9 Å². The lowest BCUT2D eigenvalue weighted by atomic mass is 9.79. The fourth-order valence-electron chi connectivity index (χ4n) is 3.22. The number of ether oxygens (including phenoxy) is 1. The summed E-state index contributed by atoms with van der Waals surface area (Å²) in [6.45, 7) is 8.32. The Balaban J connectivity index is 1.57. The average Bonchev–Trinajstić information content (AvgIpc) is 3.18. The molecule has 4 rings (SSSR count). The van der Waals surface area contributed by atoms with Gasteiger partial charge in [-0.25, -0.2) is 4.79 Å². The molecule has 144 valence electrons. The van der Waals surface area contributed by atoms with Crippen molar-refractivity contribution in [3.8, 4) is 0 Å². The third-order valence-corrected chi connectivity index (χ3v) is 5.64. The molecule has 1 aliphatic rings. The Labute approximate surface area is 165 Å². The van der Waals surface area contributed by atoms with Crippen LogP contribution in [0.3, 0.4) is 0 Å². The van der Waals surface area contributed by atoms with Crippen molar-refractivity contribution in [3.05, 3.63) is 66.4 Å². The smallest absolute Gasteiger partial charge is 0.444 e. The summed E-state index contributed by atoms with van der Waals surface area (Å²) in [6, 6.07) is 17.4. The summed E-state index contributed by atoms with van der Waals surface area (Å²) in [4.78, 5) is 12.6. The lowest BCUT2D eigenvalue weighted by Crippen LogP contribution is -2.41. The third kappa shape index (κ3) is 3.34. The number of benzene rings is 2. The lowest BCUT2D eigenvalue weighted by Gasteiger charge is -2.32. The Kier molecular flexibility index (Phi) is 4.56. The molecule has 0 unspecified atom stereocenters. The molecule has 28 heavy (non-hydrogen) atoms. The topological polar surface area (TPSA) is 49.7 Å². The highest BCUT2D eigenvalue weighted by Gasteiger charge is 2.51.